The molecule has 4 heteroatoms. The molecule has 72 valence electrons. The second-order valence-corrected chi connectivity index (χ2v) is 4.06. The Labute approximate surface area is 77.5 Å². The van der Waals surface area contributed by atoms with Crippen molar-refractivity contribution < 1.29 is 4.52 Å². The van der Waals surface area contributed by atoms with Crippen LogP contribution in [0.5, 0.6) is 0 Å². The maximum Gasteiger partial charge on any atom is 0.234 e. The van der Waals surface area contributed by atoms with E-state index in [2.05, 4.69) is 17.1 Å². The largest absolute Gasteiger partial charge is 0.339 e. The van der Waals surface area contributed by atoms with Crippen molar-refractivity contribution >= 4 is 0 Å². The molecule has 1 fully saturated rings. The van der Waals surface area contributed by atoms with E-state index in [9.17, 15) is 0 Å². The van der Waals surface area contributed by atoms with Gasteiger partial charge in [-0.1, -0.05) is 11.6 Å². The fraction of sp³-hybridized carbons (Fsp3) is 0.778. The van der Waals surface area contributed by atoms with Gasteiger partial charge in [-0.05, 0) is 26.7 Å². The SMILES string of the molecule is Cc1noc(C2(C)CCCC2N)n1. The lowest BCUT2D eigenvalue weighted by Crippen LogP contribution is -2.38. The van der Waals surface area contributed by atoms with E-state index in [4.69, 9.17) is 10.3 Å². The van der Waals surface area contributed by atoms with E-state index in [1.807, 2.05) is 6.92 Å². The predicted molar refractivity (Wildman–Crippen MR) is 48.2 cm³/mol. The van der Waals surface area contributed by atoms with Crippen molar-refractivity contribution in [2.45, 2.75) is 44.6 Å². The van der Waals surface area contributed by atoms with Crippen LogP contribution in [0.1, 0.15) is 37.9 Å². The van der Waals surface area contributed by atoms with Gasteiger partial charge in [-0.3, -0.25) is 0 Å². The highest BCUT2D eigenvalue weighted by atomic mass is 16.5. The first kappa shape index (κ1) is 8.69. The average molecular weight is 181 g/mol. The van der Waals surface area contributed by atoms with Crippen molar-refractivity contribution in [1.82, 2.24) is 10.1 Å². The summed E-state index contributed by atoms with van der Waals surface area (Å²) < 4.78 is 5.18. The Morgan fingerprint density at radius 3 is 2.85 bits per heavy atom. The van der Waals surface area contributed by atoms with Gasteiger partial charge in [0.05, 0.1) is 5.41 Å². The zero-order valence-corrected chi connectivity index (χ0v) is 8.08. The van der Waals surface area contributed by atoms with Crippen LogP contribution >= 0.6 is 0 Å². The molecule has 0 aliphatic heterocycles. The Kier molecular flexibility index (Phi) is 1.87. The molecule has 0 amide bonds. The molecule has 2 atom stereocenters. The van der Waals surface area contributed by atoms with Gasteiger partial charge in [0.15, 0.2) is 5.82 Å². The van der Waals surface area contributed by atoms with Gasteiger partial charge >= 0.3 is 0 Å². The van der Waals surface area contributed by atoms with E-state index in [0.717, 1.165) is 19.3 Å². The van der Waals surface area contributed by atoms with Crippen LogP contribution in [0.3, 0.4) is 0 Å². The van der Waals surface area contributed by atoms with Gasteiger partial charge in [0.2, 0.25) is 5.89 Å². The molecular weight excluding hydrogens is 166 g/mol. The summed E-state index contributed by atoms with van der Waals surface area (Å²) in [7, 11) is 0. The summed E-state index contributed by atoms with van der Waals surface area (Å²) in [5.41, 5.74) is 5.93. The van der Waals surface area contributed by atoms with E-state index in [0.29, 0.717) is 11.7 Å². The number of nitrogens with two attached hydrogens (primary N) is 1. The highest BCUT2D eigenvalue weighted by Crippen LogP contribution is 2.38. The highest BCUT2D eigenvalue weighted by molar-refractivity contribution is 5.11. The van der Waals surface area contributed by atoms with Crippen LogP contribution in [0.15, 0.2) is 4.52 Å². The smallest absolute Gasteiger partial charge is 0.234 e. The quantitative estimate of drug-likeness (QED) is 0.705. The van der Waals surface area contributed by atoms with Crippen LogP contribution < -0.4 is 5.73 Å². The predicted octanol–water partition coefficient (Wildman–Crippen LogP) is 1.15. The molecule has 1 aromatic rings. The minimum atomic E-state index is -0.0960. The third-order valence-electron chi connectivity index (χ3n) is 3.05. The van der Waals surface area contributed by atoms with Crippen molar-refractivity contribution in [1.29, 1.82) is 0 Å². The maximum absolute atomic E-state index is 6.03. The monoisotopic (exact) mass is 181 g/mol. The number of hydrogen-bond acceptors (Lipinski definition) is 4. The molecule has 0 spiro atoms. The minimum absolute atomic E-state index is 0.0960. The maximum atomic E-state index is 6.03. The second-order valence-electron chi connectivity index (χ2n) is 4.06. The number of rotatable bonds is 1. The summed E-state index contributed by atoms with van der Waals surface area (Å²) in [5, 5.41) is 3.80. The van der Waals surface area contributed by atoms with Crippen molar-refractivity contribution in [3.63, 3.8) is 0 Å². The number of hydrogen-bond donors (Lipinski definition) is 1. The molecule has 1 aromatic heterocycles. The molecular formula is C9H15N3O. The van der Waals surface area contributed by atoms with Crippen molar-refractivity contribution in [2.75, 3.05) is 0 Å². The highest BCUT2D eigenvalue weighted by Gasteiger charge is 2.42. The normalized spacial score (nSPS) is 33.9. The molecule has 13 heavy (non-hydrogen) atoms. The molecule has 1 aliphatic carbocycles. The number of nitrogens with zero attached hydrogens (tertiary/aromatic N) is 2. The first-order valence-corrected chi connectivity index (χ1v) is 4.69. The molecule has 1 aliphatic rings. The van der Waals surface area contributed by atoms with E-state index in [-0.39, 0.29) is 11.5 Å². The van der Waals surface area contributed by atoms with Gasteiger partial charge in [0, 0.05) is 6.04 Å². The first-order valence-electron chi connectivity index (χ1n) is 4.69. The van der Waals surface area contributed by atoms with Gasteiger partial charge in [-0.25, -0.2) is 0 Å². The summed E-state index contributed by atoms with van der Waals surface area (Å²) in [6.45, 7) is 3.94. The fourth-order valence-electron chi connectivity index (χ4n) is 1.99. The third-order valence-corrected chi connectivity index (χ3v) is 3.05. The van der Waals surface area contributed by atoms with Crippen molar-refractivity contribution in [2.24, 2.45) is 5.73 Å². The zero-order valence-electron chi connectivity index (χ0n) is 8.08. The lowest BCUT2D eigenvalue weighted by atomic mass is 9.85. The lowest BCUT2D eigenvalue weighted by molar-refractivity contribution is 0.277. The van der Waals surface area contributed by atoms with Gasteiger partial charge in [0.25, 0.3) is 0 Å². The molecule has 1 saturated carbocycles. The van der Waals surface area contributed by atoms with Gasteiger partial charge in [0.1, 0.15) is 0 Å². The topological polar surface area (TPSA) is 64.9 Å². The van der Waals surface area contributed by atoms with E-state index < -0.39 is 0 Å². The fourth-order valence-corrected chi connectivity index (χ4v) is 1.99. The first-order chi connectivity index (χ1) is 6.13. The summed E-state index contributed by atoms with van der Waals surface area (Å²) >= 11 is 0. The Morgan fingerprint density at radius 2 is 2.38 bits per heavy atom. The Balaban J connectivity index is 2.33. The van der Waals surface area contributed by atoms with Gasteiger partial charge in [-0.2, -0.15) is 4.98 Å². The molecule has 0 saturated heterocycles. The Morgan fingerprint density at radius 1 is 1.62 bits per heavy atom. The number of aryl methyl sites for hydroxylation is 1. The third kappa shape index (κ3) is 1.25. The van der Waals surface area contributed by atoms with Gasteiger partial charge in [-0.15, -0.1) is 0 Å². The van der Waals surface area contributed by atoms with Crippen LogP contribution in [0, 0.1) is 6.92 Å². The van der Waals surface area contributed by atoms with E-state index in [1.165, 1.54) is 0 Å². The van der Waals surface area contributed by atoms with Crippen molar-refractivity contribution in [3.8, 4) is 0 Å². The van der Waals surface area contributed by atoms with E-state index >= 15 is 0 Å². The van der Waals surface area contributed by atoms with Gasteiger partial charge < -0.3 is 10.3 Å². The van der Waals surface area contributed by atoms with Crippen LogP contribution in [0.25, 0.3) is 0 Å². The van der Waals surface area contributed by atoms with Crippen LogP contribution in [0.2, 0.25) is 0 Å². The summed E-state index contributed by atoms with van der Waals surface area (Å²) in [6.07, 6.45) is 3.26. The average Bonchev–Trinajstić information content (AvgIpc) is 2.62. The molecule has 0 bridgehead atoms. The van der Waals surface area contributed by atoms with Crippen LogP contribution in [-0.4, -0.2) is 16.2 Å². The molecule has 1 heterocycles. The summed E-state index contributed by atoms with van der Waals surface area (Å²) in [4.78, 5) is 4.26. The summed E-state index contributed by atoms with van der Waals surface area (Å²) in [5.74, 6) is 1.39. The molecule has 0 radical (unpaired) electrons. The molecule has 2 rings (SSSR count). The van der Waals surface area contributed by atoms with Crippen LogP contribution in [0.4, 0.5) is 0 Å². The Bertz CT molecular complexity index is 310. The summed E-state index contributed by atoms with van der Waals surface area (Å²) in [6, 6.07) is 0.160. The molecule has 2 N–H and O–H groups in total. The van der Waals surface area contributed by atoms with Crippen LogP contribution in [-0.2, 0) is 5.41 Å². The van der Waals surface area contributed by atoms with E-state index in [1.54, 1.807) is 0 Å². The van der Waals surface area contributed by atoms with Crippen molar-refractivity contribution in [3.05, 3.63) is 11.7 Å². The Hall–Kier alpha value is -0.900. The standard InChI is InChI=1S/C9H15N3O/c1-6-11-8(13-12-6)9(2)5-3-4-7(9)10/h7H,3-5,10H2,1-2H3. The lowest BCUT2D eigenvalue weighted by Gasteiger charge is -2.23. The molecule has 4 nitrogen and oxygen atoms in total. The minimum Gasteiger partial charge on any atom is -0.339 e. The zero-order chi connectivity index (χ0) is 9.47. The number of aromatic nitrogens is 2. The molecule has 0 aromatic carbocycles. The second kappa shape index (κ2) is 2.80. The molecule has 2 unspecified atom stereocenters.